The Morgan fingerprint density at radius 3 is 2.55 bits per heavy atom. The highest BCUT2D eigenvalue weighted by Crippen LogP contribution is 2.36. The Morgan fingerprint density at radius 1 is 1.03 bits per heavy atom. The topological polar surface area (TPSA) is 89.0 Å². The van der Waals surface area contributed by atoms with Crippen LogP contribution < -0.4 is 9.64 Å². The molecule has 0 unspecified atom stereocenters. The lowest BCUT2D eigenvalue weighted by atomic mass is 9.94. The number of rotatable bonds is 4. The average Bonchev–Trinajstić information content (AvgIpc) is 3.24. The maximum Gasteiger partial charge on any atom is 0.213 e. The number of fused-ring (bicyclic) bond motifs is 1. The molecule has 8 nitrogen and oxygen atoms in total. The van der Waals surface area contributed by atoms with Crippen LogP contribution in [0.4, 0.5) is 5.82 Å². The first-order chi connectivity index (χ1) is 15.9. The van der Waals surface area contributed by atoms with Crippen LogP contribution in [0.2, 0.25) is 0 Å². The quantitative estimate of drug-likeness (QED) is 0.501. The molecular weight excluding hydrogens is 416 g/mol. The van der Waals surface area contributed by atoms with Crippen molar-refractivity contribution in [1.29, 1.82) is 0 Å². The van der Waals surface area contributed by atoms with Crippen LogP contribution in [0.1, 0.15) is 25.0 Å². The molecule has 0 aliphatic carbocycles. The van der Waals surface area contributed by atoms with E-state index in [0.717, 1.165) is 63.5 Å². The SMILES string of the molecule is COc1cc(C)c(-c2ccc3[nH]nc(-c4cc(N5C[C@@H](C)O[C@@H](C)C5)ncn4)c3c2C)cn1. The number of pyridine rings is 1. The summed E-state index contributed by atoms with van der Waals surface area (Å²) in [5, 5.41) is 8.86. The molecule has 1 saturated heterocycles. The molecule has 0 bridgehead atoms. The fourth-order valence-electron chi connectivity index (χ4n) is 4.70. The van der Waals surface area contributed by atoms with E-state index in [2.05, 4.69) is 69.9 Å². The predicted octanol–water partition coefficient (Wildman–Crippen LogP) is 4.32. The lowest BCUT2D eigenvalue weighted by Gasteiger charge is -2.36. The number of ether oxygens (including phenoxy) is 2. The number of methoxy groups -OCH3 is 1. The summed E-state index contributed by atoms with van der Waals surface area (Å²) in [5.74, 6) is 1.50. The van der Waals surface area contributed by atoms with Crippen LogP contribution in [-0.2, 0) is 4.74 Å². The fraction of sp³-hybridized carbons (Fsp3) is 0.360. The molecule has 170 valence electrons. The molecule has 3 aromatic heterocycles. The number of benzene rings is 1. The number of aromatic nitrogens is 5. The van der Waals surface area contributed by atoms with Gasteiger partial charge in [-0.25, -0.2) is 15.0 Å². The molecule has 0 spiro atoms. The van der Waals surface area contributed by atoms with Crippen molar-refractivity contribution in [2.24, 2.45) is 0 Å². The molecule has 1 aliphatic rings. The number of aromatic amines is 1. The zero-order valence-electron chi connectivity index (χ0n) is 19.6. The van der Waals surface area contributed by atoms with Gasteiger partial charge in [0.05, 0.1) is 30.5 Å². The van der Waals surface area contributed by atoms with Gasteiger partial charge in [0.2, 0.25) is 5.88 Å². The Balaban J connectivity index is 1.58. The third kappa shape index (κ3) is 3.91. The maximum atomic E-state index is 5.88. The molecule has 0 radical (unpaired) electrons. The summed E-state index contributed by atoms with van der Waals surface area (Å²) < 4.78 is 11.2. The largest absolute Gasteiger partial charge is 0.481 e. The smallest absolute Gasteiger partial charge is 0.213 e. The first kappa shape index (κ1) is 21.3. The van der Waals surface area contributed by atoms with Gasteiger partial charge in [0.1, 0.15) is 17.8 Å². The standard InChI is InChI=1S/C25H28N6O2/c1-14-8-23(32-5)26-10-19(14)18-6-7-20-24(17(18)4)25(30-29-20)21-9-22(28-13-27-21)31-11-15(2)33-16(3)12-31/h6-10,13,15-16H,11-12H2,1-5H3,(H,29,30)/t15-,16+. The summed E-state index contributed by atoms with van der Waals surface area (Å²) >= 11 is 0. The third-order valence-electron chi connectivity index (χ3n) is 6.21. The number of nitrogens with one attached hydrogen (secondary N) is 1. The van der Waals surface area contributed by atoms with Crippen molar-refractivity contribution in [2.45, 2.75) is 39.9 Å². The molecule has 1 aliphatic heterocycles. The molecule has 4 heterocycles. The summed E-state index contributed by atoms with van der Waals surface area (Å²) in [4.78, 5) is 15.8. The summed E-state index contributed by atoms with van der Waals surface area (Å²) in [6.07, 6.45) is 3.80. The van der Waals surface area contributed by atoms with Crippen molar-refractivity contribution in [3.63, 3.8) is 0 Å². The summed E-state index contributed by atoms with van der Waals surface area (Å²) in [5.41, 5.74) is 7.00. The Hall–Kier alpha value is -3.52. The van der Waals surface area contributed by atoms with Crippen molar-refractivity contribution < 1.29 is 9.47 Å². The highest BCUT2D eigenvalue weighted by atomic mass is 16.5. The van der Waals surface area contributed by atoms with Gasteiger partial charge in [-0.05, 0) is 50.5 Å². The molecule has 33 heavy (non-hydrogen) atoms. The molecule has 0 amide bonds. The van der Waals surface area contributed by atoms with E-state index in [1.807, 2.05) is 18.3 Å². The van der Waals surface area contributed by atoms with Crippen LogP contribution in [0, 0.1) is 13.8 Å². The van der Waals surface area contributed by atoms with Crippen LogP contribution >= 0.6 is 0 Å². The average molecular weight is 445 g/mol. The minimum Gasteiger partial charge on any atom is -0.481 e. The van der Waals surface area contributed by atoms with E-state index in [9.17, 15) is 0 Å². The Labute approximate surface area is 193 Å². The normalized spacial score (nSPS) is 18.6. The van der Waals surface area contributed by atoms with E-state index >= 15 is 0 Å². The Kier molecular flexibility index (Phi) is 5.46. The van der Waals surface area contributed by atoms with Crippen LogP contribution in [0.5, 0.6) is 5.88 Å². The van der Waals surface area contributed by atoms with E-state index in [0.29, 0.717) is 5.88 Å². The van der Waals surface area contributed by atoms with E-state index in [-0.39, 0.29) is 12.2 Å². The van der Waals surface area contributed by atoms with E-state index in [1.54, 1.807) is 13.4 Å². The van der Waals surface area contributed by atoms with Gasteiger partial charge in [-0.15, -0.1) is 0 Å². The monoisotopic (exact) mass is 444 g/mol. The highest BCUT2D eigenvalue weighted by Gasteiger charge is 2.24. The van der Waals surface area contributed by atoms with Gasteiger partial charge in [-0.1, -0.05) is 6.07 Å². The van der Waals surface area contributed by atoms with Gasteiger partial charge in [0.15, 0.2) is 0 Å². The molecule has 8 heteroatoms. The lowest BCUT2D eigenvalue weighted by Crippen LogP contribution is -2.45. The maximum absolute atomic E-state index is 5.88. The van der Waals surface area contributed by atoms with Crippen molar-refractivity contribution in [3.05, 3.63) is 47.9 Å². The zero-order valence-corrected chi connectivity index (χ0v) is 19.6. The van der Waals surface area contributed by atoms with Crippen LogP contribution in [0.3, 0.4) is 0 Å². The fourth-order valence-corrected chi connectivity index (χ4v) is 4.70. The first-order valence-electron chi connectivity index (χ1n) is 11.2. The van der Waals surface area contributed by atoms with E-state index < -0.39 is 0 Å². The van der Waals surface area contributed by atoms with Gasteiger partial charge < -0.3 is 14.4 Å². The minimum absolute atomic E-state index is 0.157. The van der Waals surface area contributed by atoms with Crippen LogP contribution in [0.15, 0.2) is 36.8 Å². The second-order valence-electron chi connectivity index (χ2n) is 8.70. The van der Waals surface area contributed by atoms with E-state index in [4.69, 9.17) is 9.47 Å². The molecule has 1 aromatic carbocycles. The van der Waals surface area contributed by atoms with Gasteiger partial charge in [0, 0.05) is 42.4 Å². The second-order valence-corrected chi connectivity index (χ2v) is 8.70. The number of H-pyrrole nitrogens is 1. The Bertz CT molecular complexity index is 1310. The van der Waals surface area contributed by atoms with Crippen LogP contribution in [0.25, 0.3) is 33.4 Å². The summed E-state index contributed by atoms with van der Waals surface area (Å²) in [6.45, 7) is 9.97. The van der Waals surface area contributed by atoms with Crippen molar-refractivity contribution in [1.82, 2.24) is 25.1 Å². The van der Waals surface area contributed by atoms with Crippen LogP contribution in [-0.4, -0.2) is 57.6 Å². The number of morpholine rings is 1. The molecule has 1 N–H and O–H groups in total. The van der Waals surface area contributed by atoms with Gasteiger partial charge in [-0.2, -0.15) is 5.10 Å². The van der Waals surface area contributed by atoms with Gasteiger partial charge >= 0.3 is 0 Å². The van der Waals surface area contributed by atoms with Gasteiger partial charge in [0.25, 0.3) is 0 Å². The highest BCUT2D eigenvalue weighted by molar-refractivity contribution is 5.98. The molecule has 4 aromatic rings. The molecule has 0 saturated carbocycles. The van der Waals surface area contributed by atoms with Gasteiger partial charge in [-0.3, -0.25) is 5.10 Å². The minimum atomic E-state index is 0.157. The third-order valence-corrected chi connectivity index (χ3v) is 6.21. The molecule has 2 atom stereocenters. The molecular formula is C25H28N6O2. The van der Waals surface area contributed by atoms with Crippen molar-refractivity contribution in [2.75, 3.05) is 25.1 Å². The molecule has 5 rings (SSSR count). The first-order valence-corrected chi connectivity index (χ1v) is 11.2. The summed E-state index contributed by atoms with van der Waals surface area (Å²) in [6, 6.07) is 8.15. The number of anilines is 1. The number of hydrogen-bond donors (Lipinski definition) is 1. The number of aryl methyl sites for hydroxylation is 2. The molecule has 1 fully saturated rings. The predicted molar refractivity (Wildman–Crippen MR) is 129 cm³/mol. The lowest BCUT2D eigenvalue weighted by molar-refractivity contribution is -0.00546. The second kappa shape index (κ2) is 8.44. The Morgan fingerprint density at radius 2 is 1.82 bits per heavy atom. The van der Waals surface area contributed by atoms with E-state index in [1.165, 1.54) is 0 Å². The number of hydrogen-bond acceptors (Lipinski definition) is 7. The van der Waals surface area contributed by atoms with Crippen molar-refractivity contribution in [3.8, 4) is 28.4 Å². The number of nitrogens with zero attached hydrogens (tertiary/aromatic N) is 5. The zero-order chi connectivity index (χ0) is 23.1. The van der Waals surface area contributed by atoms with Crippen molar-refractivity contribution >= 4 is 16.7 Å². The summed E-state index contributed by atoms with van der Waals surface area (Å²) in [7, 11) is 1.63.